The van der Waals surface area contributed by atoms with Gasteiger partial charge in [-0.2, -0.15) is 0 Å². The third kappa shape index (κ3) is 2.43. The summed E-state index contributed by atoms with van der Waals surface area (Å²) in [5.41, 5.74) is 1.72. The molecule has 0 aliphatic carbocycles. The first kappa shape index (κ1) is 10.7. The summed E-state index contributed by atoms with van der Waals surface area (Å²) in [6, 6.07) is 5.44. The molecule has 0 amide bonds. The maximum Gasteiger partial charge on any atom is 0.197 e. The zero-order chi connectivity index (χ0) is 10.8. The smallest absolute Gasteiger partial charge is 0.197 e. The molecule has 0 saturated heterocycles. The summed E-state index contributed by atoms with van der Waals surface area (Å²) in [6.45, 7) is 0. The normalized spacial score (nSPS) is 14.5. The molecule has 1 radical (unpaired) electrons. The van der Waals surface area contributed by atoms with E-state index in [1.54, 1.807) is 6.20 Å². The fraction of sp³-hybridized carbons (Fsp3) is 0.100. The van der Waals surface area contributed by atoms with E-state index in [0.717, 1.165) is 11.3 Å². The van der Waals surface area contributed by atoms with Crippen LogP contribution in [0.2, 0.25) is 10.0 Å². The van der Waals surface area contributed by atoms with Gasteiger partial charge in [-0.25, -0.2) is 5.32 Å². The summed E-state index contributed by atoms with van der Waals surface area (Å²) in [6.07, 6.45) is 2.35. The van der Waals surface area contributed by atoms with Crippen molar-refractivity contribution < 1.29 is 0 Å². The van der Waals surface area contributed by atoms with E-state index in [2.05, 4.69) is 10.6 Å². The molecule has 1 heterocycles. The summed E-state index contributed by atoms with van der Waals surface area (Å²) in [4.78, 5) is 0. The molecule has 1 N–H and O–H groups in total. The highest BCUT2D eigenvalue weighted by atomic mass is 35.5. The van der Waals surface area contributed by atoms with Gasteiger partial charge < -0.3 is 5.32 Å². The molecule has 0 saturated carbocycles. The molecule has 0 bridgehead atoms. The van der Waals surface area contributed by atoms with Crippen LogP contribution in [0, 0.1) is 0 Å². The van der Waals surface area contributed by atoms with Gasteiger partial charge in [-0.15, -0.1) is 0 Å². The van der Waals surface area contributed by atoms with E-state index >= 15 is 0 Å². The van der Waals surface area contributed by atoms with Crippen LogP contribution >= 0.6 is 35.4 Å². The van der Waals surface area contributed by atoms with Gasteiger partial charge in [0, 0.05) is 22.7 Å². The number of halogens is 2. The Morgan fingerprint density at radius 1 is 1.27 bits per heavy atom. The van der Waals surface area contributed by atoms with Crippen LogP contribution in [0.15, 0.2) is 30.1 Å². The van der Waals surface area contributed by atoms with E-state index < -0.39 is 0 Å². The lowest BCUT2D eigenvalue weighted by molar-refractivity contribution is 1.03. The monoisotopic (exact) mass is 257 g/mol. The van der Waals surface area contributed by atoms with E-state index in [0.29, 0.717) is 21.6 Å². The van der Waals surface area contributed by atoms with Crippen molar-refractivity contribution in [2.45, 2.75) is 6.42 Å². The second-order valence-corrected chi connectivity index (χ2v) is 4.28. The number of rotatable bonds is 2. The molecule has 5 heteroatoms. The maximum atomic E-state index is 6.04. The molecule has 1 aliphatic rings. The maximum absolute atomic E-state index is 6.04. The second-order valence-electron chi connectivity index (χ2n) is 3.07. The Morgan fingerprint density at radius 3 is 2.47 bits per heavy atom. The van der Waals surface area contributed by atoms with Gasteiger partial charge in [0.15, 0.2) is 5.11 Å². The molecule has 0 unspecified atom stereocenters. The van der Waals surface area contributed by atoms with Gasteiger partial charge in [-0.3, -0.25) is 0 Å². The molecule has 0 atom stereocenters. The molecule has 1 aromatic rings. The van der Waals surface area contributed by atoms with E-state index in [1.165, 1.54) is 0 Å². The van der Waals surface area contributed by atoms with Gasteiger partial charge in [0.25, 0.3) is 0 Å². The van der Waals surface area contributed by atoms with Crippen LogP contribution in [0.4, 0.5) is 0 Å². The van der Waals surface area contributed by atoms with Gasteiger partial charge in [0.05, 0.1) is 5.70 Å². The van der Waals surface area contributed by atoms with Crippen molar-refractivity contribution >= 4 is 40.5 Å². The highest BCUT2D eigenvalue weighted by Crippen LogP contribution is 2.26. The van der Waals surface area contributed by atoms with Crippen molar-refractivity contribution in [2.24, 2.45) is 0 Å². The Kier molecular flexibility index (Phi) is 3.14. The molecule has 77 valence electrons. The lowest BCUT2D eigenvalue weighted by Crippen LogP contribution is -2.16. The van der Waals surface area contributed by atoms with Crippen molar-refractivity contribution in [3.8, 4) is 0 Å². The molecule has 1 aromatic carbocycles. The predicted molar refractivity (Wildman–Crippen MR) is 66.1 cm³/mol. The molecule has 1 aliphatic heterocycles. The summed E-state index contributed by atoms with van der Waals surface area (Å²) in [7, 11) is 0. The van der Waals surface area contributed by atoms with Crippen LogP contribution in [-0.4, -0.2) is 5.11 Å². The number of hydrogen-bond donors (Lipinski definition) is 1. The Balaban J connectivity index is 2.21. The summed E-state index contributed by atoms with van der Waals surface area (Å²) < 4.78 is 0. The molecular formula is C10H7Cl2N2S. The highest BCUT2D eigenvalue weighted by Gasteiger charge is 2.14. The summed E-state index contributed by atoms with van der Waals surface area (Å²) in [5, 5.41) is 8.75. The topological polar surface area (TPSA) is 26.1 Å². The summed E-state index contributed by atoms with van der Waals surface area (Å²) in [5.74, 6) is 0. The highest BCUT2D eigenvalue weighted by molar-refractivity contribution is 7.80. The van der Waals surface area contributed by atoms with Gasteiger partial charge in [0.2, 0.25) is 0 Å². The van der Waals surface area contributed by atoms with Crippen LogP contribution in [0.1, 0.15) is 5.56 Å². The van der Waals surface area contributed by atoms with Crippen molar-refractivity contribution in [2.75, 3.05) is 0 Å². The van der Waals surface area contributed by atoms with Gasteiger partial charge >= 0.3 is 0 Å². The van der Waals surface area contributed by atoms with Crippen molar-refractivity contribution in [1.29, 1.82) is 0 Å². The fourth-order valence-corrected chi connectivity index (χ4v) is 2.02. The number of hydrogen-bond acceptors (Lipinski definition) is 1. The number of allylic oxidation sites excluding steroid dienone is 1. The fourth-order valence-electron chi connectivity index (χ4n) is 1.31. The SMILES string of the molecule is S=C1[N]C(Cc2c(Cl)cccc2Cl)=CN1. The standard InChI is InChI=1S/C10H7Cl2N2S/c11-8-2-1-3-9(12)7(8)4-6-5-13-10(15)14-6/h1-3,5H,4H2,(H,13,15). The Labute approximate surface area is 103 Å². The lowest BCUT2D eigenvalue weighted by Gasteiger charge is -2.06. The first-order valence-electron chi connectivity index (χ1n) is 4.31. The summed E-state index contributed by atoms with van der Waals surface area (Å²) >= 11 is 17.0. The Morgan fingerprint density at radius 2 is 1.93 bits per heavy atom. The molecular weight excluding hydrogens is 251 g/mol. The number of nitrogens with one attached hydrogen (secondary N) is 1. The van der Waals surface area contributed by atoms with Crippen LogP contribution < -0.4 is 10.6 Å². The second kappa shape index (κ2) is 4.39. The van der Waals surface area contributed by atoms with Gasteiger partial charge in [-0.05, 0) is 29.9 Å². The molecule has 2 rings (SSSR count). The van der Waals surface area contributed by atoms with Crippen LogP contribution in [-0.2, 0) is 6.42 Å². The average Bonchev–Trinajstić information content (AvgIpc) is 2.58. The van der Waals surface area contributed by atoms with Gasteiger partial charge in [-0.1, -0.05) is 29.3 Å². The quantitative estimate of drug-likeness (QED) is 0.825. The van der Waals surface area contributed by atoms with Crippen LogP contribution in [0.3, 0.4) is 0 Å². The molecule has 2 nitrogen and oxygen atoms in total. The first-order valence-corrected chi connectivity index (χ1v) is 5.47. The minimum atomic E-state index is 0.480. The molecule has 0 spiro atoms. The van der Waals surface area contributed by atoms with Crippen molar-refractivity contribution in [1.82, 2.24) is 10.6 Å². The zero-order valence-electron chi connectivity index (χ0n) is 7.63. The molecule has 0 aromatic heterocycles. The average molecular weight is 258 g/mol. The van der Waals surface area contributed by atoms with E-state index in [4.69, 9.17) is 35.4 Å². The number of thiocarbonyl (C=S) groups is 1. The van der Waals surface area contributed by atoms with E-state index in [1.807, 2.05) is 18.2 Å². The number of benzene rings is 1. The zero-order valence-corrected chi connectivity index (χ0v) is 9.96. The number of nitrogens with zero attached hydrogens (tertiary/aromatic N) is 1. The first-order chi connectivity index (χ1) is 7.16. The third-order valence-electron chi connectivity index (χ3n) is 2.03. The van der Waals surface area contributed by atoms with Crippen molar-refractivity contribution in [3.05, 3.63) is 45.7 Å². The minimum absolute atomic E-state index is 0.480. The Hall–Kier alpha value is -0.770. The lowest BCUT2D eigenvalue weighted by atomic mass is 10.1. The Bertz CT molecular complexity index is 423. The van der Waals surface area contributed by atoms with Crippen molar-refractivity contribution in [3.63, 3.8) is 0 Å². The van der Waals surface area contributed by atoms with E-state index in [9.17, 15) is 0 Å². The van der Waals surface area contributed by atoms with Crippen LogP contribution in [0.25, 0.3) is 0 Å². The van der Waals surface area contributed by atoms with Crippen LogP contribution in [0.5, 0.6) is 0 Å². The molecule has 15 heavy (non-hydrogen) atoms. The predicted octanol–water partition coefficient (Wildman–Crippen LogP) is 2.87. The van der Waals surface area contributed by atoms with E-state index in [-0.39, 0.29) is 0 Å². The largest absolute Gasteiger partial charge is 0.336 e. The molecule has 0 fully saturated rings. The van der Waals surface area contributed by atoms with Gasteiger partial charge in [0.1, 0.15) is 0 Å². The minimum Gasteiger partial charge on any atom is -0.336 e. The third-order valence-corrected chi connectivity index (χ3v) is 2.94.